The van der Waals surface area contributed by atoms with Crippen molar-refractivity contribution < 1.29 is 4.74 Å². The molecule has 2 aromatic rings. The lowest BCUT2D eigenvalue weighted by Gasteiger charge is -2.31. The number of rotatable bonds is 4. The van der Waals surface area contributed by atoms with Crippen molar-refractivity contribution in [2.24, 2.45) is 10.7 Å². The number of aromatic nitrogens is 1. The number of benzene rings is 1. The van der Waals surface area contributed by atoms with Crippen LogP contribution in [0.5, 0.6) is 5.75 Å². The van der Waals surface area contributed by atoms with Gasteiger partial charge in [0.15, 0.2) is 0 Å². The van der Waals surface area contributed by atoms with E-state index in [0.717, 1.165) is 49.6 Å². The summed E-state index contributed by atoms with van der Waals surface area (Å²) in [5.74, 6) is 0.852. The number of aliphatic imine (C=N–C) groups is 1. The summed E-state index contributed by atoms with van der Waals surface area (Å²) in [6.07, 6.45) is 6.28. The molecule has 2 aliphatic rings. The third-order valence-electron chi connectivity index (χ3n) is 5.06. The molecule has 2 N–H and O–H groups in total. The maximum Gasteiger partial charge on any atom is 0.130 e. The molecule has 0 bridgehead atoms. The van der Waals surface area contributed by atoms with E-state index in [0.29, 0.717) is 12.7 Å². The highest BCUT2D eigenvalue weighted by Crippen LogP contribution is 2.25. The predicted molar refractivity (Wildman–Crippen MR) is 100 cm³/mol. The molecular weight excluding hydrogens is 314 g/mol. The Balaban J connectivity index is 1.57. The molecule has 4 rings (SSSR count). The second-order valence-electron chi connectivity index (χ2n) is 6.74. The molecular formula is C19H25N5O. The minimum atomic E-state index is 0.365. The molecule has 1 aromatic heterocycles. The summed E-state index contributed by atoms with van der Waals surface area (Å²) in [6, 6.07) is 10.7. The first kappa shape index (κ1) is 16.2. The fraction of sp³-hybridized carbons (Fsp3) is 0.421. The summed E-state index contributed by atoms with van der Waals surface area (Å²) in [4.78, 5) is 7.05. The standard InChI is InChI=1S/C19H25N5O/c1-25-18-4-2-3-17(11-18)24-14-21-12-19-15(5-10-23(19)24)13-22-8-6-16(20)7-9-22/h2-5,10-12,16H,6-9,13-14,20H2,1H3. The molecule has 0 atom stereocenters. The van der Waals surface area contributed by atoms with Crippen molar-refractivity contribution in [1.29, 1.82) is 0 Å². The minimum absolute atomic E-state index is 0.365. The molecule has 0 saturated carbocycles. The van der Waals surface area contributed by atoms with Gasteiger partial charge in [0, 0.05) is 31.1 Å². The van der Waals surface area contributed by atoms with Crippen molar-refractivity contribution in [2.45, 2.75) is 25.4 Å². The van der Waals surface area contributed by atoms with Gasteiger partial charge in [-0.1, -0.05) is 6.07 Å². The van der Waals surface area contributed by atoms with E-state index >= 15 is 0 Å². The molecule has 1 fully saturated rings. The van der Waals surface area contributed by atoms with E-state index in [9.17, 15) is 0 Å². The topological polar surface area (TPSA) is 59.0 Å². The number of hydrogen-bond donors (Lipinski definition) is 1. The summed E-state index contributed by atoms with van der Waals surface area (Å²) < 4.78 is 7.54. The van der Waals surface area contributed by atoms with Gasteiger partial charge in [-0.25, -0.2) is 0 Å². The first-order chi connectivity index (χ1) is 12.2. The maximum atomic E-state index is 6.02. The Hall–Kier alpha value is -2.31. The van der Waals surface area contributed by atoms with Crippen molar-refractivity contribution in [1.82, 2.24) is 9.58 Å². The van der Waals surface area contributed by atoms with Crippen molar-refractivity contribution >= 4 is 11.9 Å². The monoisotopic (exact) mass is 339 g/mol. The highest BCUT2D eigenvalue weighted by atomic mass is 16.5. The van der Waals surface area contributed by atoms with Crippen LogP contribution in [0, 0.1) is 0 Å². The molecule has 25 heavy (non-hydrogen) atoms. The van der Waals surface area contributed by atoms with E-state index in [1.165, 1.54) is 5.56 Å². The van der Waals surface area contributed by atoms with Crippen LogP contribution in [-0.2, 0) is 6.54 Å². The number of ether oxygens (including phenoxy) is 1. The van der Waals surface area contributed by atoms with Crippen molar-refractivity contribution in [3.8, 4) is 5.75 Å². The van der Waals surface area contributed by atoms with E-state index in [1.807, 2.05) is 24.4 Å². The lowest BCUT2D eigenvalue weighted by Crippen LogP contribution is -2.39. The van der Waals surface area contributed by atoms with E-state index in [4.69, 9.17) is 10.5 Å². The van der Waals surface area contributed by atoms with Gasteiger partial charge in [-0.3, -0.25) is 19.6 Å². The van der Waals surface area contributed by atoms with Gasteiger partial charge in [-0.05, 0) is 49.7 Å². The molecule has 0 unspecified atom stereocenters. The van der Waals surface area contributed by atoms with Crippen LogP contribution in [0.2, 0.25) is 0 Å². The zero-order valence-corrected chi connectivity index (χ0v) is 14.6. The van der Waals surface area contributed by atoms with Gasteiger partial charge in [-0.2, -0.15) is 0 Å². The largest absolute Gasteiger partial charge is 0.497 e. The lowest BCUT2D eigenvalue weighted by molar-refractivity contribution is 0.205. The summed E-state index contributed by atoms with van der Waals surface area (Å²) >= 11 is 0. The first-order valence-corrected chi connectivity index (χ1v) is 8.84. The molecule has 0 radical (unpaired) electrons. The fourth-order valence-electron chi connectivity index (χ4n) is 3.56. The fourth-order valence-corrected chi connectivity index (χ4v) is 3.56. The highest BCUT2D eigenvalue weighted by Gasteiger charge is 2.21. The Morgan fingerprint density at radius 3 is 2.88 bits per heavy atom. The molecule has 0 amide bonds. The molecule has 2 aliphatic heterocycles. The zero-order chi connectivity index (χ0) is 17.2. The van der Waals surface area contributed by atoms with E-state index in [1.54, 1.807) is 7.11 Å². The third kappa shape index (κ3) is 3.27. The number of methoxy groups -OCH3 is 1. The molecule has 1 aromatic carbocycles. The third-order valence-corrected chi connectivity index (χ3v) is 5.06. The molecule has 3 heterocycles. The smallest absolute Gasteiger partial charge is 0.130 e. The van der Waals surface area contributed by atoms with Crippen LogP contribution in [0.1, 0.15) is 24.1 Å². The number of fused-ring (bicyclic) bond motifs is 1. The average molecular weight is 339 g/mol. The lowest BCUT2D eigenvalue weighted by atomic mass is 10.1. The van der Waals surface area contributed by atoms with Gasteiger partial charge in [0.1, 0.15) is 12.4 Å². The summed E-state index contributed by atoms with van der Waals surface area (Å²) in [5.41, 5.74) is 9.56. The van der Waals surface area contributed by atoms with Crippen molar-refractivity contribution in [2.75, 3.05) is 31.9 Å². The van der Waals surface area contributed by atoms with Crippen molar-refractivity contribution in [3.63, 3.8) is 0 Å². The van der Waals surface area contributed by atoms with Gasteiger partial charge >= 0.3 is 0 Å². The Morgan fingerprint density at radius 1 is 1.24 bits per heavy atom. The second-order valence-corrected chi connectivity index (χ2v) is 6.74. The molecule has 0 aliphatic carbocycles. The van der Waals surface area contributed by atoms with Crippen LogP contribution >= 0.6 is 0 Å². The summed E-state index contributed by atoms with van der Waals surface area (Å²) in [7, 11) is 1.69. The normalized spacial score (nSPS) is 18.4. The second kappa shape index (κ2) is 6.90. The van der Waals surface area contributed by atoms with Crippen LogP contribution in [0.4, 0.5) is 5.69 Å². The van der Waals surface area contributed by atoms with Crippen LogP contribution < -0.4 is 15.5 Å². The summed E-state index contributed by atoms with van der Waals surface area (Å²) in [5, 5.41) is 2.16. The zero-order valence-electron chi connectivity index (χ0n) is 14.6. The highest BCUT2D eigenvalue weighted by molar-refractivity contribution is 5.81. The Labute approximate surface area is 148 Å². The average Bonchev–Trinajstić information content (AvgIpc) is 3.06. The van der Waals surface area contributed by atoms with E-state index in [-0.39, 0.29) is 0 Å². The molecule has 132 valence electrons. The van der Waals surface area contributed by atoms with Gasteiger partial charge in [-0.15, -0.1) is 0 Å². The van der Waals surface area contributed by atoms with Gasteiger partial charge in [0.2, 0.25) is 0 Å². The number of anilines is 1. The molecule has 6 heteroatoms. The Bertz CT molecular complexity index is 761. The Kier molecular flexibility index (Phi) is 4.46. The van der Waals surface area contributed by atoms with Crippen LogP contribution in [0.15, 0.2) is 41.5 Å². The van der Waals surface area contributed by atoms with Gasteiger partial charge < -0.3 is 10.5 Å². The number of nitrogens with two attached hydrogens (primary N) is 1. The number of hydrogen-bond acceptors (Lipinski definition) is 5. The van der Waals surface area contributed by atoms with Crippen molar-refractivity contribution in [3.05, 3.63) is 47.8 Å². The first-order valence-electron chi connectivity index (χ1n) is 8.84. The van der Waals surface area contributed by atoms with E-state index < -0.39 is 0 Å². The SMILES string of the molecule is COc1cccc(N2CN=Cc3c(CN4CCC(N)CC4)ccn32)c1. The van der Waals surface area contributed by atoms with Crippen LogP contribution in [0.25, 0.3) is 0 Å². The molecule has 1 saturated heterocycles. The van der Waals surface area contributed by atoms with Crippen LogP contribution in [-0.4, -0.2) is 48.7 Å². The maximum absolute atomic E-state index is 6.02. The molecule has 6 nitrogen and oxygen atoms in total. The van der Waals surface area contributed by atoms with Gasteiger partial charge in [0.05, 0.1) is 18.5 Å². The summed E-state index contributed by atoms with van der Waals surface area (Å²) in [6.45, 7) is 3.70. The van der Waals surface area contributed by atoms with Crippen LogP contribution in [0.3, 0.4) is 0 Å². The number of nitrogens with zero attached hydrogens (tertiary/aromatic N) is 4. The quantitative estimate of drug-likeness (QED) is 0.926. The predicted octanol–water partition coefficient (Wildman–Crippen LogP) is 2.08. The minimum Gasteiger partial charge on any atom is -0.497 e. The number of likely N-dealkylation sites (tertiary alicyclic amines) is 1. The van der Waals surface area contributed by atoms with E-state index in [2.05, 4.69) is 37.9 Å². The van der Waals surface area contributed by atoms with Gasteiger partial charge in [0.25, 0.3) is 0 Å². The Morgan fingerprint density at radius 2 is 2.08 bits per heavy atom. The molecule has 0 spiro atoms. The number of piperidine rings is 1.